The predicted molar refractivity (Wildman–Crippen MR) is 111 cm³/mol. The molecule has 7 heteroatoms. The fraction of sp³-hybridized carbons (Fsp3) is 0.458. The van der Waals surface area contributed by atoms with Crippen molar-refractivity contribution in [1.82, 2.24) is 9.80 Å². The molecule has 0 bridgehead atoms. The van der Waals surface area contributed by atoms with E-state index in [1.54, 1.807) is 6.07 Å². The number of ether oxygens (including phenoxy) is 1. The third kappa shape index (κ3) is 4.93. The van der Waals surface area contributed by atoms with Crippen LogP contribution in [0, 0.1) is 5.41 Å². The van der Waals surface area contributed by atoms with E-state index < -0.39 is 11.7 Å². The van der Waals surface area contributed by atoms with Gasteiger partial charge in [0, 0.05) is 38.0 Å². The second kappa shape index (κ2) is 8.63. The standard InChI is InChI=1S/C24H27F3N2O2/c1-18(20-7-3-2-4-8-20)29-16-23(13-22(29)30)15-28(10-11-31-17-23)14-19-6-5-9-21(12-19)24(25,26)27/h2-9,12,18H,10-11,13-17H2,1H3. The third-order valence-electron chi connectivity index (χ3n) is 6.28. The van der Waals surface area contributed by atoms with Crippen LogP contribution in [0.25, 0.3) is 0 Å². The molecule has 2 aromatic carbocycles. The van der Waals surface area contributed by atoms with Gasteiger partial charge in [0.2, 0.25) is 5.91 Å². The molecule has 0 saturated carbocycles. The van der Waals surface area contributed by atoms with Gasteiger partial charge in [-0.25, -0.2) is 0 Å². The molecular formula is C24H27F3N2O2. The summed E-state index contributed by atoms with van der Waals surface area (Å²) >= 11 is 0. The van der Waals surface area contributed by atoms with Crippen LogP contribution >= 0.6 is 0 Å². The lowest BCUT2D eigenvalue weighted by atomic mass is 9.87. The highest BCUT2D eigenvalue weighted by atomic mass is 19.4. The van der Waals surface area contributed by atoms with Crippen LogP contribution in [0.2, 0.25) is 0 Å². The molecule has 1 spiro atoms. The minimum Gasteiger partial charge on any atom is -0.379 e. The van der Waals surface area contributed by atoms with Gasteiger partial charge in [-0.3, -0.25) is 9.69 Å². The Morgan fingerprint density at radius 1 is 1.10 bits per heavy atom. The summed E-state index contributed by atoms with van der Waals surface area (Å²) in [5.41, 5.74) is 0.719. The fourth-order valence-corrected chi connectivity index (χ4v) is 4.72. The second-order valence-electron chi connectivity index (χ2n) is 8.75. The molecule has 2 fully saturated rings. The Kier molecular flexibility index (Phi) is 6.08. The molecule has 2 aromatic rings. The Morgan fingerprint density at radius 3 is 2.61 bits per heavy atom. The van der Waals surface area contributed by atoms with Gasteiger partial charge in [0.05, 0.1) is 24.8 Å². The van der Waals surface area contributed by atoms with E-state index in [0.29, 0.717) is 51.4 Å². The number of nitrogens with zero attached hydrogens (tertiary/aromatic N) is 2. The lowest BCUT2D eigenvalue weighted by Crippen LogP contribution is -2.40. The number of carbonyl (C=O) groups excluding carboxylic acids is 1. The molecule has 2 atom stereocenters. The van der Waals surface area contributed by atoms with Crippen molar-refractivity contribution in [3.63, 3.8) is 0 Å². The summed E-state index contributed by atoms with van der Waals surface area (Å²) in [5, 5.41) is 0. The number of carbonyl (C=O) groups is 1. The summed E-state index contributed by atoms with van der Waals surface area (Å²) < 4.78 is 45.1. The van der Waals surface area contributed by atoms with Crippen molar-refractivity contribution < 1.29 is 22.7 Å². The number of halogens is 3. The highest BCUT2D eigenvalue weighted by Crippen LogP contribution is 2.39. The van der Waals surface area contributed by atoms with Crippen molar-refractivity contribution in [2.24, 2.45) is 5.41 Å². The number of hydrogen-bond acceptors (Lipinski definition) is 3. The third-order valence-corrected chi connectivity index (χ3v) is 6.28. The Morgan fingerprint density at radius 2 is 1.87 bits per heavy atom. The van der Waals surface area contributed by atoms with Crippen molar-refractivity contribution in [2.75, 3.05) is 32.8 Å². The number of benzene rings is 2. The smallest absolute Gasteiger partial charge is 0.379 e. The first kappa shape index (κ1) is 21.8. The van der Waals surface area contributed by atoms with Gasteiger partial charge in [0.1, 0.15) is 0 Å². The number of amides is 1. The molecule has 166 valence electrons. The topological polar surface area (TPSA) is 32.8 Å². The van der Waals surface area contributed by atoms with E-state index in [2.05, 4.69) is 4.90 Å². The van der Waals surface area contributed by atoms with Crippen molar-refractivity contribution >= 4 is 5.91 Å². The maximum Gasteiger partial charge on any atom is 0.416 e. The van der Waals surface area contributed by atoms with Crippen LogP contribution in [-0.4, -0.2) is 48.6 Å². The monoisotopic (exact) mass is 432 g/mol. The molecule has 2 aliphatic rings. The summed E-state index contributed by atoms with van der Waals surface area (Å²) in [5.74, 6) is 0.0980. The molecule has 2 unspecified atom stereocenters. The van der Waals surface area contributed by atoms with E-state index in [4.69, 9.17) is 4.74 Å². The first-order chi connectivity index (χ1) is 14.8. The van der Waals surface area contributed by atoms with Gasteiger partial charge in [-0.1, -0.05) is 48.5 Å². The number of hydrogen-bond donors (Lipinski definition) is 0. The lowest BCUT2D eigenvalue weighted by molar-refractivity contribution is -0.137. The maximum atomic E-state index is 13.1. The average Bonchev–Trinajstić information content (AvgIpc) is 2.93. The van der Waals surface area contributed by atoms with Crippen molar-refractivity contribution in [3.05, 3.63) is 71.3 Å². The maximum absolute atomic E-state index is 13.1. The largest absolute Gasteiger partial charge is 0.416 e. The van der Waals surface area contributed by atoms with Gasteiger partial charge < -0.3 is 9.64 Å². The lowest BCUT2D eigenvalue weighted by Gasteiger charge is -2.33. The average molecular weight is 432 g/mol. The minimum atomic E-state index is -4.36. The summed E-state index contributed by atoms with van der Waals surface area (Å²) in [6.07, 6.45) is -3.96. The molecule has 1 amide bonds. The normalized spacial score (nSPS) is 23.9. The first-order valence-electron chi connectivity index (χ1n) is 10.6. The van der Waals surface area contributed by atoms with Crippen molar-refractivity contribution in [1.29, 1.82) is 0 Å². The van der Waals surface area contributed by atoms with E-state index in [1.807, 2.05) is 42.2 Å². The van der Waals surface area contributed by atoms with Gasteiger partial charge in [-0.15, -0.1) is 0 Å². The molecule has 2 saturated heterocycles. The highest BCUT2D eigenvalue weighted by Gasteiger charge is 2.47. The van der Waals surface area contributed by atoms with Crippen LogP contribution in [0.15, 0.2) is 54.6 Å². The van der Waals surface area contributed by atoms with Gasteiger partial charge in [-0.05, 0) is 24.1 Å². The van der Waals surface area contributed by atoms with Gasteiger partial charge in [0.25, 0.3) is 0 Å². The van der Waals surface area contributed by atoms with Crippen LogP contribution in [0.1, 0.15) is 36.1 Å². The molecule has 4 nitrogen and oxygen atoms in total. The zero-order valence-corrected chi connectivity index (χ0v) is 17.6. The number of alkyl halides is 3. The molecular weight excluding hydrogens is 405 g/mol. The zero-order valence-electron chi connectivity index (χ0n) is 17.6. The second-order valence-corrected chi connectivity index (χ2v) is 8.75. The van der Waals surface area contributed by atoms with Crippen LogP contribution in [0.4, 0.5) is 13.2 Å². The SMILES string of the molecule is CC(c1ccccc1)N1CC2(COCCN(Cc3cccc(C(F)(F)F)c3)C2)CC1=O. The predicted octanol–water partition coefficient (Wildman–Crippen LogP) is 4.52. The number of likely N-dealkylation sites (tertiary alicyclic amines) is 1. The van der Waals surface area contributed by atoms with E-state index in [0.717, 1.165) is 11.6 Å². The van der Waals surface area contributed by atoms with Crippen LogP contribution in [-0.2, 0) is 22.3 Å². The Bertz CT molecular complexity index is 919. The van der Waals surface area contributed by atoms with Crippen molar-refractivity contribution in [2.45, 2.75) is 32.1 Å². The van der Waals surface area contributed by atoms with E-state index in [9.17, 15) is 18.0 Å². The Balaban J connectivity index is 1.49. The van der Waals surface area contributed by atoms with Crippen LogP contribution < -0.4 is 0 Å². The van der Waals surface area contributed by atoms with Gasteiger partial charge >= 0.3 is 6.18 Å². The summed E-state index contributed by atoms with van der Waals surface area (Å²) in [6.45, 7) is 5.25. The Labute approximate surface area is 180 Å². The summed E-state index contributed by atoms with van der Waals surface area (Å²) in [6, 6.07) is 15.4. The van der Waals surface area contributed by atoms with Crippen LogP contribution in [0.5, 0.6) is 0 Å². The minimum absolute atomic E-state index is 0.0340. The first-order valence-corrected chi connectivity index (χ1v) is 10.6. The quantitative estimate of drug-likeness (QED) is 0.712. The molecule has 0 aromatic heterocycles. The summed E-state index contributed by atoms with van der Waals surface area (Å²) in [4.78, 5) is 16.9. The Hall–Kier alpha value is -2.38. The number of rotatable bonds is 4. The van der Waals surface area contributed by atoms with Gasteiger partial charge in [0.15, 0.2) is 0 Å². The molecule has 0 aliphatic carbocycles. The molecule has 2 aliphatic heterocycles. The molecule has 0 radical (unpaired) electrons. The zero-order chi connectivity index (χ0) is 22.1. The van der Waals surface area contributed by atoms with E-state index in [-0.39, 0.29) is 17.4 Å². The van der Waals surface area contributed by atoms with E-state index >= 15 is 0 Å². The molecule has 0 N–H and O–H groups in total. The van der Waals surface area contributed by atoms with E-state index in [1.165, 1.54) is 12.1 Å². The highest BCUT2D eigenvalue weighted by molar-refractivity contribution is 5.80. The summed E-state index contributed by atoms with van der Waals surface area (Å²) in [7, 11) is 0. The molecule has 2 heterocycles. The molecule has 31 heavy (non-hydrogen) atoms. The fourth-order valence-electron chi connectivity index (χ4n) is 4.72. The van der Waals surface area contributed by atoms with Gasteiger partial charge in [-0.2, -0.15) is 13.2 Å². The van der Waals surface area contributed by atoms with Crippen molar-refractivity contribution in [3.8, 4) is 0 Å². The van der Waals surface area contributed by atoms with Crippen LogP contribution in [0.3, 0.4) is 0 Å². The molecule has 4 rings (SSSR count).